The molecule has 0 unspecified atom stereocenters. The second-order valence-corrected chi connectivity index (χ2v) is 2.71. The average molecular weight is 205 g/mol. The summed E-state index contributed by atoms with van der Waals surface area (Å²) in [5.74, 6) is -0.890. The van der Waals surface area contributed by atoms with E-state index in [9.17, 15) is 23.3 Å². The van der Waals surface area contributed by atoms with Gasteiger partial charge in [0.1, 0.15) is 5.82 Å². The molecule has 0 amide bonds. The summed E-state index contributed by atoms with van der Waals surface area (Å²) in [6.45, 7) is 1.21. The van der Waals surface area contributed by atoms with E-state index in [2.05, 4.69) is 0 Å². The molecule has 0 bridgehead atoms. The Morgan fingerprint density at radius 2 is 2.00 bits per heavy atom. The van der Waals surface area contributed by atoms with Gasteiger partial charge in [-0.1, -0.05) is 0 Å². The molecule has 6 heteroatoms. The third-order valence-corrected chi connectivity index (χ3v) is 1.74. The van der Waals surface area contributed by atoms with Gasteiger partial charge in [0.15, 0.2) is 0 Å². The molecule has 0 saturated heterocycles. The van der Waals surface area contributed by atoms with Crippen molar-refractivity contribution in [2.45, 2.75) is 13.3 Å². The second kappa shape index (κ2) is 3.65. The Kier molecular flexibility index (Phi) is 2.73. The average Bonchev–Trinajstić information content (AvgIpc) is 2.01. The van der Waals surface area contributed by atoms with Gasteiger partial charge in [0, 0.05) is 0 Å². The Labute approximate surface area is 77.3 Å². The molecular weight excluding hydrogens is 199 g/mol. The van der Waals surface area contributed by atoms with Crippen LogP contribution in [0.2, 0.25) is 0 Å². The van der Waals surface area contributed by atoms with E-state index in [-0.39, 0.29) is 5.56 Å². The fourth-order valence-electron chi connectivity index (χ4n) is 1.17. The van der Waals surface area contributed by atoms with Crippen LogP contribution in [0, 0.1) is 22.9 Å². The minimum atomic E-state index is -2.98. The van der Waals surface area contributed by atoms with E-state index >= 15 is 0 Å². The van der Waals surface area contributed by atoms with Gasteiger partial charge in [-0.3, -0.25) is 10.1 Å². The topological polar surface area (TPSA) is 43.1 Å². The fraction of sp³-hybridized carbons (Fsp3) is 0.250. The highest BCUT2D eigenvalue weighted by molar-refractivity contribution is 5.46. The summed E-state index contributed by atoms with van der Waals surface area (Å²) in [7, 11) is 0. The van der Waals surface area contributed by atoms with Crippen LogP contribution < -0.4 is 0 Å². The number of hydrogen-bond acceptors (Lipinski definition) is 2. The van der Waals surface area contributed by atoms with E-state index in [1.165, 1.54) is 6.92 Å². The highest BCUT2D eigenvalue weighted by atomic mass is 19.3. The maximum Gasteiger partial charge on any atom is 0.281 e. The molecule has 0 atom stereocenters. The molecule has 0 aliphatic rings. The minimum absolute atomic E-state index is 0.119. The predicted molar refractivity (Wildman–Crippen MR) is 42.7 cm³/mol. The zero-order chi connectivity index (χ0) is 10.9. The van der Waals surface area contributed by atoms with Crippen molar-refractivity contribution in [3.8, 4) is 0 Å². The number of nitrogens with zero attached hydrogens (tertiary/aromatic N) is 1. The second-order valence-electron chi connectivity index (χ2n) is 2.71. The fourth-order valence-corrected chi connectivity index (χ4v) is 1.17. The summed E-state index contributed by atoms with van der Waals surface area (Å²) in [5.41, 5.74) is -1.72. The molecule has 0 aliphatic heterocycles. The molecule has 0 aromatic heterocycles. The number of alkyl halides is 2. The monoisotopic (exact) mass is 205 g/mol. The number of nitro benzene ring substituents is 1. The third kappa shape index (κ3) is 1.84. The molecular formula is C8H6F3NO2. The van der Waals surface area contributed by atoms with Gasteiger partial charge in [-0.2, -0.15) is 0 Å². The first-order chi connectivity index (χ1) is 6.43. The van der Waals surface area contributed by atoms with Crippen LogP contribution in [0.3, 0.4) is 0 Å². The maximum absolute atomic E-state index is 12.7. The third-order valence-electron chi connectivity index (χ3n) is 1.74. The molecule has 0 saturated carbocycles. The summed E-state index contributed by atoms with van der Waals surface area (Å²) in [6, 6.07) is 1.34. The van der Waals surface area contributed by atoms with Gasteiger partial charge in [-0.25, -0.2) is 13.2 Å². The quantitative estimate of drug-likeness (QED) is 0.550. The van der Waals surface area contributed by atoms with Crippen LogP contribution in [-0.2, 0) is 0 Å². The van der Waals surface area contributed by atoms with Gasteiger partial charge in [0.25, 0.3) is 12.1 Å². The van der Waals surface area contributed by atoms with Crippen molar-refractivity contribution in [2.75, 3.05) is 0 Å². The molecule has 1 aromatic carbocycles. The lowest BCUT2D eigenvalue weighted by molar-refractivity contribution is -0.386. The standard InChI is InChI=1S/C8H6F3NO2/c1-4-2-5(9)3-6(12(13)14)7(4)8(10)11/h2-3,8H,1H3. The zero-order valence-corrected chi connectivity index (χ0v) is 7.13. The number of rotatable bonds is 2. The molecule has 0 spiro atoms. The van der Waals surface area contributed by atoms with Gasteiger partial charge < -0.3 is 0 Å². The van der Waals surface area contributed by atoms with E-state index in [0.717, 1.165) is 6.07 Å². The first-order valence-corrected chi connectivity index (χ1v) is 3.66. The Balaban J connectivity index is 3.44. The first-order valence-electron chi connectivity index (χ1n) is 3.66. The SMILES string of the molecule is Cc1cc(F)cc([N+](=O)[O-])c1C(F)F. The van der Waals surface area contributed by atoms with Gasteiger partial charge in [0.2, 0.25) is 0 Å². The van der Waals surface area contributed by atoms with Crippen LogP contribution in [0.5, 0.6) is 0 Å². The van der Waals surface area contributed by atoms with Crippen LogP contribution in [-0.4, -0.2) is 4.92 Å². The van der Waals surface area contributed by atoms with Crippen molar-refractivity contribution in [2.24, 2.45) is 0 Å². The summed E-state index contributed by atoms with van der Waals surface area (Å²) < 4.78 is 37.4. The van der Waals surface area contributed by atoms with Gasteiger partial charge in [0.05, 0.1) is 16.6 Å². The number of halogens is 3. The van der Waals surface area contributed by atoms with Gasteiger partial charge in [-0.05, 0) is 18.6 Å². The van der Waals surface area contributed by atoms with Crippen molar-refractivity contribution in [1.82, 2.24) is 0 Å². The number of aryl methyl sites for hydroxylation is 1. The molecule has 1 aromatic rings. The predicted octanol–water partition coefficient (Wildman–Crippen LogP) is 2.98. The number of benzene rings is 1. The van der Waals surface area contributed by atoms with Crippen molar-refractivity contribution in [1.29, 1.82) is 0 Å². The lowest BCUT2D eigenvalue weighted by Crippen LogP contribution is -1.99. The lowest BCUT2D eigenvalue weighted by atomic mass is 10.1. The molecule has 1 rings (SSSR count). The van der Waals surface area contributed by atoms with Crippen molar-refractivity contribution < 1.29 is 18.1 Å². The van der Waals surface area contributed by atoms with Crippen LogP contribution in [0.4, 0.5) is 18.9 Å². The summed E-state index contributed by atoms with van der Waals surface area (Å²) >= 11 is 0. The molecule has 0 radical (unpaired) electrons. The number of hydrogen-bond donors (Lipinski definition) is 0. The van der Waals surface area contributed by atoms with Crippen LogP contribution in [0.25, 0.3) is 0 Å². The van der Waals surface area contributed by atoms with E-state index < -0.39 is 28.4 Å². The molecule has 14 heavy (non-hydrogen) atoms. The number of nitro groups is 1. The Morgan fingerprint density at radius 3 is 2.43 bits per heavy atom. The van der Waals surface area contributed by atoms with Crippen molar-refractivity contribution >= 4 is 5.69 Å². The van der Waals surface area contributed by atoms with Crippen LogP contribution in [0.1, 0.15) is 17.6 Å². The van der Waals surface area contributed by atoms with Crippen molar-refractivity contribution in [3.05, 3.63) is 39.2 Å². The Morgan fingerprint density at radius 1 is 1.43 bits per heavy atom. The Bertz CT molecular complexity index is 379. The zero-order valence-electron chi connectivity index (χ0n) is 7.13. The normalized spacial score (nSPS) is 10.6. The smallest absolute Gasteiger partial charge is 0.258 e. The highest BCUT2D eigenvalue weighted by Crippen LogP contribution is 2.32. The van der Waals surface area contributed by atoms with Crippen LogP contribution >= 0.6 is 0 Å². The molecule has 0 N–H and O–H groups in total. The first kappa shape index (κ1) is 10.5. The molecule has 0 fully saturated rings. The molecule has 3 nitrogen and oxygen atoms in total. The summed E-state index contributed by atoms with van der Waals surface area (Å²) in [4.78, 5) is 9.32. The van der Waals surface area contributed by atoms with E-state index in [4.69, 9.17) is 0 Å². The van der Waals surface area contributed by atoms with Crippen molar-refractivity contribution in [3.63, 3.8) is 0 Å². The Hall–Kier alpha value is -1.59. The van der Waals surface area contributed by atoms with E-state index in [1.807, 2.05) is 0 Å². The molecule has 0 heterocycles. The summed E-state index contributed by atoms with van der Waals surface area (Å²) in [5, 5.41) is 10.3. The lowest BCUT2D eigenvalue weighted by Gasteiger charge is -2.05. The van der Waals surface area contributed by atoms with Gasteiger partial charge >= 0.3 is 0 Å². The maximum atomic E-state index is 12.7. The largest absolute Gasteiger partial charge is 0.281 e. The molecule has 0 aliphatic carbocycles. The highest BCUT2D eigenvalue weighted by Gasteiger charge is 2.24. The minimum Gasteiger partial charge on any atom is -0.258 e. The van der Waals surface area contributed by atoms with E-state index in [0.29, 0.717) is 6.07 Å². The molecule has 76 valence electrons. The summed E-state index contributed by atoms with van der Waals surface area (Å²) in [6.07, 6.45) is -2.98. The van der Waals surface area contributed by atoms with Crippen LogP contribution in [0.15, 0.2) is 12.1 Å². The van der Waals surface area contributed by atoms with E-state index in [1.54, 1.807) is 0 Å². The van der Waals surface area contributed by atoms with Gasteiger partial charge in [-0.15, -0.1) is 0 Å².